The van der Waals surface area contributed by atoms with Crippen molar-refractivity contribution in [2.45, 2.75) is 90.2 Å². The number of unbranched alkanes of at least 4 members (excludes halogenated alkanes) is 2. The van der Waals surface area contributed by atoms with Gasteiger partial charge in [-0.15, -0.1) is 0 Å². The molecule has 0 saturated carbocycles. The molecule has 400 valence electrons. The lowest BCUT2D eigenvalue weighted by atomic mass is 9.85. The van der Waals surface area contributed by atoms with Crippen LogP contribution in [-0.2, 0) is 90.8 Å². The second-order valence-corrected chi connectivity index (χ2v) is 18.4. The Morgan fingerprint density at radius 1 is 0.779 bits per heavy atom. The summed E-state index contributed by atoms with van der Waals surface area (Å²) in [7, 11) is 0. The number of imide groups is 1. The Hall–Kier alpha value is -9.08. The smallest absolute Gasteiger partial charge is 0.457 e. The largest absolute Gasteiger partial charge is 0.510 e. The summed E-state index contributed by atoms with van der Waals surface area (Å²) in [5, 5.41) is 13.0. The Labute approximate surface area is 439 Å². The number of halogens is 1. The molecule has 0 unspecified atom stereocenters. The molecular weight excluding hydrogens is 1000 g/mol. The highest BCUT2D eigenvalue weighted by Crippen LogP contribution is 2.42. The number of fused-ring (bicyclic) bond motifs is 5. The molecule has 3 aliphatic heterocycles. The number of cyclic esters (lactones) is 1. The maximum atomic E-state index is 15.1. The molecular formula is C55H55FN8O13. The van der Waals surface area contributed by atoms with Gasteiger partial charge in [-0.1, -0.05) is 68.8 Å². The van der Waals surface area contributed by atoms with E-state index < -0.39 is 84.3 Å². The van der Waals surface area contributed by atoms with Gasteiger partial charge in [-0.2, -0.15) is 0 Å². The maximum absolute atomic E-state index is 15.1. The van der Waals surface area contributed by atoms with Gasteiger partial charge in [0, 0.05) is 53.7 Å². The molecule has 5 heterocycles. The van der Waals surface area contributed by atoms with Crippen LogP contribution in [0.2, 0.25) is 0 Å². The first-order chi connectivity index (χ1) is 37.1. The van der Waals surface area contributed by atoms with Crippen molar-refractivity contribution >= 4 is 70.1 Å². The third-order valence-electron chi connectivity index (χ3n) is 13.4. The van der Waals surface area contributed by atoms with E-state index in [0.29, 0.717) is 75.9 Å². The number of hydrogen-bond acceptors (Lipinski definition) is 14. The lowest BCUT2D eigenvalue weighted by Gasteiger charge is -2.35. The summed E-state index contributed by atoms with van der Waals surface area (Å²) >= 11 is 0. The summed E-state index contributed by atoms with van der Waals surface area (Å²) in [6, 6.07) is 20.0. The Balaban J connectivity index is 0.800. The molecule has 0 spiro atoms. The number of rotatable bonds is 22. The van der Waals surface area contributed by atoms with Crippen LogP contribution in [0, 0.1) is 5.82 Å². The molecule has 21 nitrogen and oxygen atoms in total. The number of aryl methyl sites for hydroxylation is 1. The summed E-state index contributed by atoms with van der Waals surface area (Å²) in [4.78, 5) is 134. The van der Waals surface area contributed by atoms with Gasteiger partial charge in [0.2, 0.25) is 35.1 Å². The summed E-state index contributed by atoms with van der Waals surface area (Å²) in [6.07, 6.45) is 3.27. The van der Waals surface area contributed by atoms with E-state index in [1.807, 2.05) is 6.92 Å². The average molecular weight is 1060 g/mol. The molecule has 0 radical (unpaired) electrons. The zero-order valence-corrected chi connectivity index (χ0v) is 42.2. The second kappa shape index (κ2) is 24.1. The van der Waals surface area contributed by atoms with Gasteiger partial charge in [0.1, 0.15) is 25.1 Å². The molecule has 8 rings (SSSR count). The van der Waals surface area contributed by atoms with Crippen LogP contribution in [0.5, 0.6) is 0 Å². The van der Waals surface area contributed by atoms with Gasteiger partial charge < -0.3 is 45.4 Å². The van der Waals surface area contributed by atoms with Gasteiger partial charge in [-0.3, -0.25) is 43.3 Å². The van der Waals surface area contributed by atoms with E-state index >= 15 is 4.39 Å². The van der Waals surface area contributed by atoms with E-state index in [0.717, 1.165) is 4.90 Å². The SMILES string of the molecule is CCc1c2c(nc3cccc(F)c13)-c1cc3c(c(=O)n1C2)COC(=O)[C@@]3(CC)OC(=O)OCc1ccc(NC(=O)CNC(=O)[C@@H](Cc2ccccc2)NC(=O)CNC(=O)CNC(=O)CCCCCN2C(=O)C=CC2=O)cc1. The number of carbonyl (C=O) groups excluding carboxylic acids is 9. The topological polar surface area (TPSA) is 280 Å². The van der Waals surface area contributed by atoms with Crippen LogP contribution >= 0.6 is 0 Å². The van der Waals surface area contributed by atoms with E-state index in [2.05, 4.69) is 26.6 Å². The van der Waals surface area contributed by atoms with E-state index in [1.54, 1.807) is 67.6 Å². The lowest BCUT2D eigenvalue weighted by Crippen LogP contribution is -2.52. The van der Waals surface area contributed by atoms with Gasteiger partial charge in [0.15, 0.2) is 0 Å². The van der Waals surface area contributed by atoms with Crippen LogP contribution in [-0.4, -0.2) is 100 Å². The molecule has 7 amide bonds. The Morgan fingerprint density at radius 2 is 1.49 bits per heavy atom. The monoisotopic (exact) mass is 1050 g/mol. The minimum atomic E-state index is -2.04. The Kier molecular flexibility index (Phi) is 16.9. The van der Waals surface area contributed by atoms with Crippen molar-refractivity contribution in [2.75, 3.05) is 31.5 Å². The number of pyridine rings is 2. The number of nitrogens with zero attached hydrogens (tertiary/aromatic N) is 3. The molecule has 2 atom stereocenters. The van der Waals surface area contributed by atoms with Gasteiger partial charge in [-0.25, -0.2) is 19.0 Å². The number of anilines is 1. The average Bonchev–Trinajstić information content (AvgIpc) is 4.06. The zero-order valence-electron chi connectivity index (χ0n) is 42.2. The highest BCUT2D eigenvalue weighted by molar-refractivity contribution is 6.12. The second-order valence-electron chi connectivity index (χ2n) is 18.4. The van der Waals surface area contributed by atoms with Crippen LogP contribution in [0.15, 0.2) is 95.8 Å². The van der Waals surface area contributed by atoms with Gasteiger partial charge >= 0.3 is 12.1 Å². The molecule has 0 saturated heterocycles. The third kappa shape index (κ3) is 12.4. The molecule has 0 bridgehead atoms. The van der Waals surface area contributed by atoms with Crippen molar-refractivity contribution in [1.29, 1.82) is 0 Å². The fourth-order valence-electron chi connectivity index (χ4n) is 9.42. The number of hydrogen-bond donors (Lipinski definition) is 5. The van der Waals surface area contributed by atoms with Crippen molar-refractivity contribution in [2.24, 2.45) is 0 Å². The summed E-state index contributed by atoms with van der Waals surface area (Å²) in [5.74, 6) is -5.10. The first-order valence-electron chi connectivity index (χ1n) is 25.1. The van der Waals surface area contributed by atoms with E-state index in [1.165, 1.54) is 34.9 Å². The van der Waals surface area contributed by atoms with Gasteiger partial charge in [0.05, 0.1) is 48.6 Å². The van der Waals surface area contributed by atoms with Gasteiger partial charge in [-0.05, 0) is 72.7 Å². The molecule has 3 aliphatic rings. The van der Waals surface area contributed by atoms with E-state index in [9.17, 15) is 47.9 Å². The molecule has 2 aromatic heterocycles. The van der Waals surface area contributed by atoms with Crippen molar-refractivity contribution < 1.29 is 61.8 Å². The summed E-state index contributed by atoms with van der Waals surface area (Å²) < 4.78 is 33.2. The lowest BCUT2D eigenvalue weighted by molar-refractivity contribution is -0.175. The first kappa shape index (κ1) is 54.2. The van der Waals surface area contributed by atoms with Crippen LogP contribution < -0.4 is 32.1 Å². The number of ether oxygens (including phenoxy) is 3. The maximum Gasteiger partial charge on any atom is 0.510 e. The standard InChI is InChI=1S/C55H55FN8O13/c1-3-35-36-29-64-42(50(36)62-40-15-11-14-39(56)49(35)40)25-38-37(52(64)72)31-75-53(73)55(38,4-2)77-54(74)76-30-33-17-19-34(20-18-33)60-45(67)28-59-51(71)41(24-32-12-7-5-8-13-32)61-46(68)27-58-44(66)26-57-43(65)16-9-6-10-23-63-47(69)21-22-48(63)70/h5,7-8,11-15,17-22,25,41H,3-4,6,9-10,16,23-24,26-31H2,1-2H3,(H,57,65)(H,58,66)(H,59,71)(H,60,67)(H,61,68)/t41-,55+/m1/s1. The van der Waals surface area contributed by atoms with Crippen molar-refractivity contribution in [1.82, 2.24) is 35.7 Å². The predicted molar refractivity (Wildman–Crippen MR) is 273 cm³/mol. The molecule has 5 N–H and O–H groups in total. The fraction of sp³-hybridized carbons (Fsp3) is 0.327. The normalized spacial score (nSPS) is 15.4. The number of aromatic nitrogens is 2. The van der Waals surface area contributed by atoms with Crippen LogP contribution in [0.3, 0.4) is 0 Å². The predicted octanol–water partition coefficient (Wildman–Crippen LogP) is 3.64. The third-order valence-corrected chi connectivity index (χ3v) is 13.4. The van der Waals surface area contributed by atoms with Crippen molar-refractivity contribution in [3.05, 3.63) is 141 Å². The molecule has 77 heavy (non-hydrogen) atoms. The van der Waals surface area contributed by atoms with Crippen LogP contribution in [0.25, 0.3) is 22.3 Å². The number of benzene rings is 3. The number of amides is 7. The molecule has 5 aromatic rings. The molecule has 3 aromatic carbocycles. The number of nitrogens with one attached hydrogen (secondary N) is 5. The number of carbonyl (C=O) groups is 9. The van der Waals surface area contributed by atoms with E-state index in [4.69, 9.17) is 19.2 Å². The van der Waals surface area contributed by atoms with E-state index in [-0.39, 0.29) is 68.5 Å². The minimum Gasteiger partial charge on any atom is -0.457 e. The summed E-state index contributed by atoms with van der Waals surface area (Å²) in [5.41, 5.74) is 1.90. The van der Waals surface area contributed by atoms with Crippen LogP contribution in [0.4, 0.5) is 14.9 Å². The quantitative estimate of drug-likeness (QED) is 0.0369. The highest BCUT2D eigenvalue weighted by atomic mass is 19.1. The molecule has 22 heteroatoms. The Bertz CT molecular complexity index is 3250. The zero-order chi connectivity index (χ0) is 54.8. The Morgan fingerprint density at radius 3 is 2.22 bits per heavy atom. The molecule has 0 fully saturated rings. The first-order valence-corrected chi connectivity index (χ1v) is 25.1. The minimum absolute atomic E-state index is 0.0515. The van der Waals surface area contributed by atoms with Crippen LogP contribution in [0.1, 0.15) is 79.3 Å². The van der Waals surface area contributed by atoms with Gasteiger partial charge in [0.25, 0.3) is 17.4 Å². The molecule has 0 aliphatic carbocycles. The van der Waals surface area contributed by atoms with Crippen molar-refractivity contribution in [3.8, 4) is 11.4 Å². The summed E-state index contributed by atoms with van der Waals surface area (Å²) in [6.45, 7) is 1.80. The number of esters is 1. The van der Waals surface area contributed by atoms with Crippen molar-refractivity contribution in [3.63, 3.8) is 0 Å². The highest BCUT2D eigenvalue weighted by Gasteiger charge is 2.51. The fourth-order valence-corrected chi connectivity index (χ4v) is 9.42.